The fourth-order valence-corrected chi connectivity index (χ4v) is 2.93. The Morgan fingerprint density at radius 2 is 1.82 bits per heavy atom. The molecule has 5 heteroatoms. The predicted molar refractivity (Wildman–Crippen MR) is 84.2 cm³/mol. The summed E-state index contributed by atoms with van der Waals surface area (Å²) in [5.41, 5.74) is 0.914. The molecule has 1 heterocycles. The molecule has 0 radical (unpaired) electrons. The topological polar surface area (TPSA) is 69.6 Å². The number of urea groups is 1. The average Bonchev–Trinajstić information content (AvgIpc) is 2.62. The molecule has 1 aliphatic heterocycles. The van der Waals surface area contributed by atoms with E-state index in [9.17, 15) is 14.7 Å². The minimum Gasteiger partial charge on any atom is -0.387 e. The lowest BCUT2D eigenvalue weighted by atomic mass is 9.91. The minimum atomic E-state index is -0.878. The first-order valence-corrected chi connectivity index (χ1v) is 7.61. The van der Waals surface area contributed by atoms with Crippen molar-refractivity contribution in [1.29, 1.82) is 0 Å². The number of aliphatic hydroxyl groups is 1. The summed E-state index contributed by atoms with van der Waals surface area (Å²) in [6, 6.07) is 6.98. The standard InChI is InChI=1S/C17H24N2O3/c1-11(2)9-17(4)15(21)19(16(22)18-17)10-14(20)13-7-5-12(3)6-8-13/h5-8,11,14,20H,9-10H2,1-4H3,(H,18,22). The molecule has 2 unspecified atom stereocenters. The number of amides is 3. The molecule has 120 valence electrons. The van der Waals surface area contributed by atoms with Crippen LogP contribution in [0, 0.1) is 12.8 Å². The third-order valence-electron chi connectivity index (χ3n) is 3.98. The zero-order chi connectivity index (χ0) is 16.5. The van der Waals surface area contributed by atoms with Gasteiger partial charge in [-0.1, -0.05) is 43.7 Å². The van der Waals surface area contributed by atoms with Crippen LogP contribution >= 0.6 is 0 Å². The van der Waals surface area contributed by atoms with E-state index in [1.807, 2.05) is 45.0 Å². The first-order valence-electron chi connectivity index (χ1n) is 7.61. The van der Waals surface area contributed by atoms with Crippen LogP contribution < -0.4 is 5.32 Å². The second-order valence-corrected chi connectivity index (χ2v) is 6.70. The summed E-state index contributed by atoms with van der Waals surface area (Å²) in [5, 5.41) is 13.0. The molecule has 1 saturated heterocycles. The molecule has 1 aromatic carbocycles. The first kappa shape index (κ1) is 16.5. The van der Waals surface area contributed by atoms with Crippen LogP contribution in [-0.4, -0.2) is 34.0 Å². The highest BCUT2D eigenvalue weighted by Gasteiger charge is 2.48. The van der Waals surface area contributed by atoms with Gasteiger partial charge in [0.1, 0.15) is 5.54 Å². The van der Waals surface area contributed by atoms with Gasteiger partial charge in [-0.3, -0.25) is 9.69 Å². The Balaban J connectivity index is 2.11. The molecular weight excluding hydrogens is 280 g/mol. The van der Waals surface area contributed by atoms with E-state index in [1.165, 1.54) is 0 Å². The van der Waals surface area contributed by atoms with Gasteiger partial charge < -0.3 is 10.4 Å². The van der Waals surface area contributed by atoms with Gasteiger partial charge in [0.2, 0.25) is 0 Å². The second-order valence-electron chi connectivity index (χ2n) is 6.70. The molecule has 0 saturated carbocycles. The Kier molecular flexibility index (Phi) is 4.56. The van der Waals surface area contributed by atoms with Crippen molar-refractivity contribution in [3.63, 3.8) is 0 Å². The number of aliphatic hydroxyl groups excluding tert-OH is 1. The number of carbonyl (C=O) groups is 2. The smallest absolute Gasteiger partial charge is 0.325 e. The van der Waals surface area contributed by atoms with Crippen molar-refractivity contribution in [3.05, 3.63) is 35.4 Å². The number of hydrogen-bond acceptors (Lipinski definition) is 3. The average molecular weight is 304 g/mol. The molecule has 2 N–H and O–H groups in total. The van der Waals surface area contributed by atoms with Gasteiger partial charge >= 0.3 is 6.03 Å². The molecule has 1 aliphatic rings. The van der Waals surface area contributed by atoms with Gasteiger partial charge in [0.15, 0.2) is 0 Å². The molecule has 5 nitrogen and oxygen atoms in total. The van der Waals surface area contributed by atoms with E-state index >= 15 is 0 Å². The van der Waals surface area contributed by atoms with Crippen LogP contribution in [0.15, 0.2) is 24.3 Å². The zero-order valence-corrected chi connectivity index (χ0v) is 13.6. The van der Waals surface area contributed by atoms with E-state index < -0.39 is 17.7 Å². The SMILES string of the molecule is Cc1ccc(C(O)CN2C(=O)NC(C)(CC(C)C)C2=O)cc1. The molecular formula is C17H24N2O3. The minimum absolute atomic E-state index is 0.0264. The van der Waals surface area contributed by atoms with E-state index in [-0.39, 0.29) is 18.4 Å². The van der Waals surface area contributed by atoms with E-state index in [1.54, 1.807) is 6.92 Å². The highest BCUT2D eigenvalue weighted by Crippen LogP contribution is 2.26. The molecule has 0 spiro atoms. The molecule has 1 fully saturated rings. The lowest BCUT2D eigenvalue weighted by molar-refractivity contribution is -0.132. The van der Waals surface area contributed by atoms with Gasteiger partial charge in [-0.15, -0.1) is 0 Å². The van der Waals surface area contributed by atoms with Crippen LogP contribution in [0.2, 0.25) is 0 Å². The van der Waals surface area contributed by atoms with Crippen LogP contribution in [0.25, 0.3) is 0 Å². The maximum Gasteiger partial charge on any atom is 0.325 e. The van der Waals surface area contributed by atoms with E-state index in [2.05, 4.69) is 5.32 Å². The van der Waals surface area contributed by atoms with Crippen molar-refractivity contribution >= 4 is 11.9 Å². The Bertz CT molecular complexity index is 568. The highest BCUT2D eigenvalue weighted by molar-refractivity contribution is 6.06. The summed E-state index contributed by atoms with van der Waals surface area (Å²) in [7, 11) is 0. The number of aryl methyl sites for hydroxylation is 1. The van der Waals surface area contributed by atoms with Gasteiger partial charge in [-0.05, 0) is 31.7 Å². The van der Waals surface area contributed by atoms with Crippen molar-refractivity contribution in [2.75, 3.05) is 6.54 Å². The lowest BCUT2D eigenvalue weighted by Crippen LogP contribution is -2.45. The Labute approximate surface area is 131 Å². The molecule has 1 aromatic rings. The lowest BCUT2D eigenvalue weighted by Gasteiger charge is -2.24. The van der Waals surface area contributed by atoms with Gasteiger partial charge in [-0.2, -0.15) is 0 Å². The largest absolute Gasteiger partial charge is 0.387 e. The summed E-state index contributed by atoms with van der Waals surface area (Å²) in [6.07, 6.45) is -0.300. The molecule has 2 rings (SSSR count). The zero-order valence-electron chi connectivity index (χ0n) is 13.6. The van der Waals surface area contributed by atoms with Crippen molar-refractivity contribution in [1.82, 2.24) is 10.2 Å². The van der Waals surface area contributed by atoms with E-state index in [4.69, 9.17) is 0 Å². The molecule has 3 amide bonds. The Morgan fingerprint density at radius 3 is 2.36 bits per heavy atom. The number of hydrogen-bond donors (Lipinski definition) is 2. The van der Waals surface area contributed by atoms with E-state index in [0.717, 1.165) is 10.5 Å². The number of β-amino-alcohol motifs (C(OH)–C–C–N with tert-alkyl or cyclic N) is 1. The van der Waals surface area contributed by atoms with Crippen LogP contribution in [0.3, 0.4) is 0 Å². The third kappa shape index (κ3) is 3.30. The third-order valence-corrected chi connectivity index (χ3v) is 3.98. The van der Waals surface area contributed by atoms with Crippen LogP contribution in [0.5, 0.6) is 0 Å². The number of benzene rings is 1. The van der Waals surface area contributed by atoms with Crippen LogP contribution in [-0.2, 0) is 4.79 Å². The van der Waals surface area contributed by atoms with Crippen molar-refractivity contribution in [2.45, 2.75) is 45.8 Å². The van der Waals surface area contributed by atoms with E-state index in [0.29, 0.717) is 12.0 Å². The number of nitrogens with zero attached hydrogens (tertiary/aromatic N) is 1. The van der Waals surface area contributed by atoms with Gasteiger partial charge in [0.05, 0.1) is 12.6 Å². The monoisotopic (exact) mass is 304 g/mol. The summed E-state index contributed by atoms with van der Waals surface area (Å²) in [5.74, 6) is 0.0218. The molecule has 0 aromatic heterocycles. The molecule has 0 bridgehead atoms. The number of nitrogens with one attached hydrogen (secondary N) is 1. The molecule has 2 atom stereocenters. The summed E-state index contributed by atoms with van der Waals surface area (Å²) in [4.78, 5) is 25.7. The van der Waals surface area contributed by atoms with Crippen LogP contribution in [0.1, 0.15) is 44.4 Å². The predicted octanol–water partition coefficient (Wildman–Crippen LogP) is 2.39. The fourth-order valence-electron chi connectivity index (χ4n) is 2.93. The fraction of sp³-hybridized carbons (Fsp3) is 0.529. The summed E-state index contributed by atoms with van der Waals surface area (Å²) >= 11 is 0. The second kappa shape index (κ2) is 6.08. The van der Waals surface area contributed by atoms with Crippen molar-refractivity contribution < 1.29 is 14.7 Å². The quantitative estimate of drug-likeness (QED) is 0.821. The first-order chi connectivity index (χ1) is 10.2. The van der Waals surface area contributed by atoms with Crippen LogP contribution in [0.4, 0.5) is 4.79 Å². The van der Waals surface area contributed by atoms with Gasteiger partial charge in [0.25, 0.3) is 5.91 Å². The maximum absolute atomic E-state index is 12.5. The molecule has 22 heavy (non-hydrogen) atoms. The van der Waals surface area contributed by atoms with Crippen molar-refractivity contribution in [2.24, 2.45) is 5.92 Å². The Morgan fingerprint density at radius 1 is 1.23 bits per heavy atom. The number of carbonyl (C=O) groups excluding carboxylic acids is 2. The number of rotatable bonds is 5. The number of imide groups is 1. The van der Waals surface area contributed by atoms with Gasteiger partial charge in [0, 0.05) is 0 Å². The van der Waals surface area contributed by atoms with Crippen molar-refractivity contribution in [3.8, 4) is 0 Å². The molecule has 0 aliphatic carbocycles. The van der Waals surface area contributed by atoms with Gasteiger partial charge in [-0.25, -0.2) is 4.79 Å². The summed E-state index contributed by atoms with van der Waals surface area (Å²) < 4.78 is 0. The highest BCUT2D eigenvalue weighted by atomic mass is 16.3. The maximum atomic E-state index is 12.5. The Hall–Kier alpha value is -1.88. The normalized spacial score (nSPS) is 23.1. The summed E-state index contributed by atoms with van der Waals surface area (Å²) in [6.45, 7) is 7.70.